The zero-order valence-electron chi connectivity index (χ0n) is 14.5. The molecule has 0 bridgehead atoms. The summed E-state index contributed by atoms with van der Waals surface area (Å²) < 4.78 is 24.1. The molecule has 26 heavy (non-hydrogen) atoms. The Morgan fingerprint density at radius 1 is 1.19 bits per heavy atom. The molecule has 0 radical (unpaired) electrons. The van der Waals surface area contributed by atoms with Crippen LogP contribution in [0.5, 0.6) is 0 Å². The van der Waals surface area contributed by atoms with Crippen LogP contribution in [-0.4, -0.2) is 30.8 Å². The number of hydrogen-bond donors (Lipinski definition) is 1. The minimum atomic E-state index is -3.28. The Bertz CT molecular complexity index is 1070. The van der Waals surface area contributed by atoms with Crippen LogP contribution in [0.25, 0.3) is 10.2 Å². The molecule has 0 saturated carbocycles. The van der Waals surface area contributed by atoms with Gasteiger partial charge in [0.1, 0.15) is 0 Å². The first-order chi connectivity index (χ1) is 12.2. The Hall–Kier alpha value is -1.90. The van der Waals surface area contributed by atoms with Crippen LogP contribution >= 0.6 is 23.1 Å². The number of fused-ring (bicyclic) bond motifs is 1. The highest BCUT2D eigenvalue weighted by Gasteiger charge is 2.16. The molecule has 1 heterocycles. The Labute approximate surface area is 160 Å². The molecule has 2 aromatic carbocycles. The number of sulfone groups is 1. The maximum atomic E-state index is 12.7. The number of thiazole rings is 1. The molecule has 0 aliphatic heterocycles. The van der Waals surface area contributed by atoms with E-state index in [4.69, 9.17) is 0 Å². The monoisotopic (exact) mass is 406 g/mol. The van der Waals surface area contributed by atoms with Crippen LogP contribution < -0.4 is 5.32 Å². The third-order valence-electron chi connectivity index (χ3n) is 3.50. The fraction of sp³-hybridized carbons (Fsp3) is 0.222. The van der Waals surface area contributed by atoms with Crippen molar-refractivity contribution < 1.29 is 13.2 Å². The van der Waals surface area contributed by atoms with Crippen LogP contribution in [0.15, 0.2) is 52.3 Å². The van der Waals surface area contributed by atoms with Crippen LogP contribution in [0.2, 0.25) is 0 Å². The number of nitrogens with one attached hydrogen (secondary N) is 1. The van der Waals surface area contributed by atoms with Gasteiger partial charge in [-0.3, -0.25) is 10.1 Å². The number of hydrogen-bond acceptors (Lipinski definition) is 6. The van der Waals surface area contributed by atoms with E-state index in [2.05, 4.69) is 24.1 Å². The molecule has 5 nitrogen and oxygen atoms in total. The molecule has 8 heteroatoms. The van der Waals surface area contributed by atoms with Gasteiger partial charge >= 0.3 is 0 Å². The minimum absolute atomic E-state index is 0.226. The molecule has 3 aromatic rings. The van der Waals surface area contributed by atoms with Gasteiger partial charge in [0, 0.05) is 16.4 Å². The number of carbonyl (C=O) groups excluding carboxylic acids is 1. The van der Waals surface area contributed by atoms with Gasteiger partial charge in [0.25, 0.3) is 5.91 Å². The molecule has 0 fully saturated rings. The van der Waals surface area contributed by atoms with Crippen molar-refractivity contribution >= 4 is 54.2 Å². The topological polar surface area (TPSA) is 76.1 Å². The summed E-state index contributed by atoms with van der Waals surface area (Å²) in [6.45, 7) is 4.15. The van der Waals surface area contributed by atoms with E-state index in [1.165, 1.54) is 23.7 Å². The summed E-state index contributed by atoms with van der Waals surface area (Å²) in [4.78, 5) is 18.2. The first-order valence-electron chi connectivity index (χ1n) is 7.92. The number of benzene rings is 2. The summed E-state index contributed by atoms with van der Waals surface area (Å²) in [6.07, 6.45) is 1.17. The van der Waals surface area contributed by atoms with Crippen molar-refractivity contribution in [3.05, 3.63) is 48.0 Å². The number of amides is 1. The Morgan fingerprint density at radius 2 is 1.92 bits per heavy atom. The van der Waals surface area contributed by atoms with Crippen molar-refractivity contribution in [2.24, 2.45) is 0 Å². The van der Waals surface area contributed by atoms with E-state index >= 15 is 0 Å². The molecular weight excluding hydrogens is 388 g/mol. The SMILES string of the molecule is CC(C)Sc1ccccc1C(=O)Nc1nc2ccc(S(C)(=O)=O)cc2s1. The van der Waals surface area contributed by atoms with Gasteiger partial charge in [0.2, 0.25) is 0 Å². The van der Waals surface area contributed by atoms with Crippen LogP contribution in [0.4, 0.5) is 5.13 Å². The quantitative estimate of drug-likeness (QED) is 0.634. The predicted molar refractivity (Wildman–Crippen MR) is 108 cm³/mol. The highest BCUT2D eigenvalue weighted by molar-refractivity contribution is 8.00. The van der Waals surface area contributed by atoms with Crippen LogP contribution in [0.1, 0.15) is 24.2 Å². The summed E-state index contributed by atoms with van der Waals surface area (Å²) in [5, 5.41) is 3.63. The van der Waals surface area contributed by atoms with Crippen molar-refractivity contribution in [1.82, 2.24) is 4.98 Å². The molecule has 0 spiro atoms. The lowest BCUT2D eigenvalue weighted by atomic mass is 10.2. The average Bonchev–Trinajstić information content (AvgIpc) is 2.95. The van der Waals surface area contributed by atoms with Gasteiger partial charge in [-0.15, -0.1) is 11.8 Å². The second kappa shape index (κ2) is 7.38. The highest BCUT2D eigenvalue weighted by Crippen LogP contribution is 2.30. The lowest BCUT2D eigenvalue weighted by Gasteiger charge is -2.10. The molecule has 3 rings (SSSR count). The first-order valence-corrected chi connectivity index (χ1v) is 11.5. The highest BCUT2D eigenvalue weighted by atomic mass is 32.2. The Balaban J connectivity index is 1.88. The maximum Gasteiger partial charge on any atom is 0.258 e. The summed E-state index contributed by atoms with van der Waals surface area (Å²) >= 11 is 2.89. The molecule has 1 amide bonds. The first kappa shape index (κ1) is 18.9. The van der Waals surface area contributed by atoms with Crippen molar-refractivity contribution in [3.63, 3.8) is 0 Å². The second-order valence-electron chi connectivity index (χ2n) is 6.04. The molecule has 0 saturated heterocycles. The third-order valence-corrected chi connectivity index (χ3v) is 6.63. The predicted octanol–water partition coefficient (Wildman–Crippen LogP) is 4.45. The molecule has 0 atom stereocenters. The average molecular weight is 407 g/mol. The third kappa shape index (κ3) is 4.25. The van der Waals surface area contributed by atoms with Crippen LogP contribution in [0.3, 0.4) is 0 Å². The van der Waals surface area contributed by atoms with E-state index in [0.717, 1.165) is 4.90 Å². The number of rotatable bonds is 5. The van der Waals surface area contributed by atoms with Gasteiger partial charge in [0.15, 0.2) is 15.0 Å². The standard InChI is InChI=1S/C18H18N2O3S3/c1-11(2)24-15-7-5-4-6-13(15)17(21)20-18-19-14-9-8-12(26(3,22)23)10-16(14)25-18/h4-11H,1-3H3,(H,19,20,21). The van der Waals surface area contributed by atoms with Crippen molar-refractivity contribution in [2.75, 3.05) is 11.6 Å². The molecule has 1 aromatic heterocycles. The van der Waals surface area contributed by atoms with E-state index < -0.39 is 9.84 Å². The maximum absolute atomic E-state index is 12.7. The van der Waals surface area contributed by atoms with Crippen molar-refractivity contribution in [1.29, 1.82) is 0 Å². The van der Waals surface area contributed by atoms with Crippen LogP contribution in [-0.2, 0) is 9.84 Å². The van der Waals surface area contributed by atoms with Crippen molar-refractivity contribution in [2.45, 2.75) is 28.9 Å². The van der Waals surface area contributed by atoms with Gasteiger partial charge in [0.05, 0.1) is 20.7 Å². The molecule has 0 aliphatic carbocycles. The van der Waals surface area contributed by atoms with E-state index in [-0.39, 0.29) is 10.8 Å². The summed E-state index contributed by atoms with van der Waals surface area (Å²) in [5.41, 5.74) is 1.25. The number of aromatic nitrogens is 1. The summed E-state index contributed by atoms with van der Waals surface area (Å²) in [6, 6.07) is 12.2. The normalized spacial score (nSPS) is 11.8. The second-order valence-corrected chi connectivity index (χ2v) is 10.7. The fourth-order valence-electron chi connectivity index (χ4n) is 2.36. The Kier molecular flexibility index (Phi) is 5.36. The largest absolute Gasteiger partial charge is 0.298 e. The summed E-state index contributed by atoms with van der Waals surface area (Å²) in [5.74, 6) is -0.226. The minimum Gasteiger partial charge on any atom is -0.298 e. The molecule has 1 N–H and O–H groups in total. The number of thioether (sulfide) groups is 1. The molecule has 0 aliphatic rings. The van der Waals surface area contributed by atoms with Gasteiger partial charge in [-0.1, -0.05) is 37.3 Å². The number of nitrogens with zero attached hydrogens (tertiary/aromatic N) is 1. The van der Waals surface area contributed by atoms with Gasteiger partial charge in [-0.25, -0.2) is 13.4 Å². The lowest BCUT2D eigenvalue weighted by Crippen LogP contribution is -2.13. The zero-order valence-corrected chi connectivity index (χ0v) is 17.0. The molecular formula is C18H18N2O3S3. The fourth-order valence-corrected chi connectivity index (χ4v) is 4.94. The van der Waals surface area contributed by atoms with E-state index in [9.17, 15) is 13.2 Å². The van der Waals surface area contributed by atoms with E-state index in [1.807, 2.05) is 18.2 Å². The number of anilines is 1. The summed E-state index contributed by atoms with van der Waals surface area (Å²) in [7, 11) is -3.28. The van der Waals surface area contributed by atoms with Crippen molar-refractivity contribution in [3.8, 4) is 0 Å². The zero-order chi connectivity index (χ0) is 18.9. The lowest BCUT2D eigenvalue weighted by molar-refractivity contribution is 0.102. The van der Waals surface area contributed by atoms with Gasteiger partial charge in [-0.2, -0.15) is 0 Å². The molecule has 0 unspecified atom stereocenters. The smallest absolute Gasteiger partial charge is 0.258 e. The van der Waals surface area contributed by atoms with Gasteiger partial charge < -0.3 is 0 Å². The number of carbonyl (C=O) groups is 1. The Morgan fingerprint density at radius 3 is 2.62 bits per heavy atom. The van der Waals surface area contributed by atoms with E-state index in [1.54, 1.807) is 30.0 Å². The van der Waals surface area contributed by atoms with Crippen LogP contribution in [0, 0.1) is 0 Å². The molecule has 136 valence electrons. The van der Waals surface area contributed by atoms with E-state index in [0.29, 0.717) is 26.2 Å². The van der Waals surface area contributed by atoms with Gasteiger partial charge in [-0.05, 0) is 30.3 Å².